The third-order valence-electron chi connectivity index (χ3n) is 2.62. The third-order valence-corrected chi connectivity index (χ3v) is 2.62. The molecule has 2 rings (SSSR count). The Bertz CT molecular complexity index is 378. The maximum Gasteiger partial charge on any atom is 0.236 e. The number of amides is 1. The molecule has 2 heterocycles. The summed E-state index contributed by atoms with van der Waals surface area (Å²) in [6, 6.07) is 2.13. The van der Waals surface area contributed by atoms with E-state index in [1.165, 1.54) is 0 Å². The molecule has 4 nitrogen and oxygen atoms in total. The lowest BCUT2D eigenvalue weighted by atomic mass is 10.0. The minimum absolute atomic E-state index is 0.0619. The minimum atomic E-state index is -0.135. The highest BCUT2D eigenvalue weighted by molar-refractivity contribution is 5.82. The number of aryl methyl sites for hydroxylation is 1. The number of hydrogen-bond donors (Lipinski definition) is 2. The van der Waals surface area contributed by atoms with Crippen molar-refractivity contribution in [2.75, 3.05) is 6.54 Å². The number of nitrogens with zero attached hydrogens (tertiary/aromatic N) is 1. The first kappa shape index (κ1) is 10.1. The van der Waals surface area contributed by atoms with E-state index in [9.17, 15) is 4.79 Å². The molecule has 1 unspecified atom stereocenters. The Morgan fingerprint density at radius 2 is 2.27 bits per heavy atom. The van der Waals surface area contributed by atoms with E-state index in [-0.39, 0.29) is 18.0 Å². The van der Waals surface area contributed by atoms with Crippen LogP contribution in [0.2, 0.25) is 0 Å². The number of carbonyl (C=O) groups excluding carboxylic acids is 1. The zero-order chi connectivity index (χ0) is 10.8. The molecule has 2 N–H and O–H groups in total. The van der Waals surface area contributed by atoms with Crippen molar-refractivity contribution in [1.29, 1.82) is 0 Å². The second kappa shape index (κ2) is 3.98. The van der Waals surface area contributed by atoms with Gasteiger partial charge in [-0.15, -0.1) is 0 Å². The predicted molar refractivity (Wildman–Crippen MR) is 57.3 cm³/mol. The van der Waals surface area contributed by atoms with Gasteiger partial charge in [0.25, 0.3) is 0 Å². The zero-order valence-electron chi connectivity index (χ0n) is 8.95. The van der Waals surface area contributed by atoms with Gasteiger partial charge in [-0.05, 0) is 25.0 Å². The maximum absolute atomic E-state index is 11.2. The summed E-state index contributed by atoms with van der Waals surface area (Å²) in [5.74, 6) is 0.0619. The Balaban J connectivity index is 2.15. The lowest BCUT2D eigenvalue weighted by molar-refractivity contribution is -0.124. The summed E-state index contributed by atoms with van der Waals surface area (Å²) in [4.78, 5) is 15.4. The topological polar surface area (TPSA) is 54.0 Å². The van der Waals surface area contributed by atoms with E-state index < -0.39 is 0 Å². The molecule has 1 saturated heterocycles. The SMILES string of the molecule is Cc1cncc(C2CNC(=O)[C@@H](C)N2)c1. The van der Waals surface area contributed by atoms with Crippen molar-refractivity contribution in [2.45, 2.75) is 25.9 Å². The molecule has 0 bridgehead atoms. The molecule has 15 heavy (non-hydrogen) atoms. The normalized spacial score (nSPS) is 26.1. The van der Waals surface area contributed by atoms with Crippen LogP contribution in [0.4, 0.5) is 0 Å². The summed E-state index contributed by atoms with van der Waals surface area (Å²) < 4.78 is 0. The van der Waals surface area contributed by atoms with Crippen LogP contribution in [0.3, 0.4) is 0 Å². The molecule has 80 valence electrons. The number of aromatic nitrogens is 1. The highest BCUT2D eigenvalue weighted by Gasteiger charge is 2.24. The van der Waals surface area contributed by atoms with E-state index in [1.807, 2.05) is 26.2 Å². The third kappa shape index (κ3) is 2.15. The Labute approximate surface area is 89.1 Å². The molecule has 0 saturated carbocycles. The molecular formula is C11H15N3O. The lowest BCUT2D eigenvalue weighted by Crippen LogP contribution is -2.52. The van der Waals surface area contributed by atoms with Gasteiger partial charge in [-0.3, -0.25) is 15.1 Å². The van der Waals surface area contributed by atoms with E-state index in [2.05, 4.69) is 21.7 Å². The standard InChI is InChI=1S/C11H15N3O/c1-7-3-9(5-12-4-7)10-6-13-11(15)8(2)14-10/h3-5,8,10,14H,6H2,1-2H3,(H,13,15)/t8-,10?/m1/s1. The Morgan fingerprint density at radius 3 is 2.93 bits per heavy atom. The second-order valence-electron chi connectivity index (χ2n) is 3.98. The van der Waals surface area contributed by atoms with Crippen LogP contribution in [-0.4, -0.2) is 23.5 Å². The predicted octanol–water partition coefficient (Wildman–Crippen LogP) is 0.539. The van der Waals surface area contributed by atoms with Gasteiger partial charge < -0.3 is 5.32 Å². The van der Waals surface area contributed by atoms with Crippen molar-refractivity contribution in [3.63, 3.8) is 0 Å². The molecule has 0 aromatic carbocycles. The lowest BCUT2D eigenvalue weighted by Gasteiger charge is -2.29. The van der Waals surface area contributed by atoms with Crippen molar-refractivity contribution in [3.05, 3.63) is 29.6 Å². The molecule has 1 aromatic rings. The summed E-state index contributed by atoms with van der Waals surface area (Å²) in [5, 5.41) is 6.13. The summed E-state index contributed by atoms with van der Waals surface area (Å²) in [6.45, 7) is 4.51. The van der Waals surface area contributed by atoms with Crippen molar-refractivity contribution >= 4 is 5.91 Å². The van der Waals surface area contributed by atoms with Crippen LogP contribution in [0.15, 0.2) is 18.5 Å². The van der Waals surface area contributed by atoms with Crippen LogP contribution in [-0.2, 0) is 4.79 Å². The van der Waals surface area contributed by atoms with E-state index in [0.717, 1.165) is 11.1 Å². The molecule has 4 heteroatoms. The molecular weight excluding hydrogens is 190 g/mol. The van der Waals surface area contributed by atoms with Gasteiger partial charge in [0.15, 0.2) is 0 Å². The molecule has 1 amide bonds. The van der Waals surface area contributed by atoms with Crippen LogP contribution < -0.4 is 10.6 Å². The Morgan fingerprint density at radius 1 is 1.47 bits per heavy atom. The van der Waals surface area contributed by atoms with Crippen molar-refractivity contribution in [1.82, 2.24) is 15.6 Å². The summed E-state index contributed by atoms with van der Waals surface area (Å²) in [6.07, 6.45) is 3.67. The van der Waals surface area contributed by atoms with Gasteiger partial charge in [0, 0.05) is 18.9 Å². The fourth-order valence-corrected chi connectivity index (χ4v) is 1.78. The average Bonchev–Trinajstić information content (AvgIpc) is 2.22. The first-order chi connectivity index (χ1) is 7.16. The van der Waals surface area contributed by atoms with E-state index >= 15 is 0 Å². The molecule has 1 aromatic heterocycles. The van der Waals surface area contributed by atoms with Crippen molar-refractivity contribution in [3.8, 4) is 0 Å². The maximum atomic E-state index is 11.2. The molecule has 0 spiro atoms. The van der Waals surface area contributed by atoms with Gasteiger partial charge in [0.05, 0.1) is 12.1 Å². The summed E-state index contributed by atoms with van der Waals surface area (Å²) >= 11 is 0. The molecule has 0 radical (unpaired) electrons. The Kier molecular flexibility index (Phi) is 2.68. The highest BCUT2D eigenvalue weighted by atomic mass is 16.2. The quantitative estimate of drug-likeness (QED) is 0.703. The molecule has 0 aliphatic carbocycles. The fourth-order valence-electron chi connectivity index (χ4n) is 1.78. The van der Waals surface area contributed by atoms with E-state index in [0.29, 0.717) is 6.54 Å². The first-order valence-electron chi connectivity index (χ1n) is 5.12. The van der Waals surface area contributed by atoms with Crippen molar-refractivity contribution < 1.29 is 4.79 Å². The molecule has 1 fully saturated rings. The van der Waals surface area contributed by atoms with Crippen LogP contribution in [0.5, 0.6) is 0 Å². The number of piperazine rings is 1. The van der Waals surface area contributed by atoms with Crippen LogP contribution in [0.1, 0.15) is 24.1 Å². The van der Waals surface area contributed by atoms with Crippen LogP contribution in [0.25, 0.3) is 0 Å². The van der Waals surface area contributed by atoms with Crippen LogP contribution in [0, 0.1) is 6.92 Å². The van der Waals surface area contributed by atoms with Gasteiger partial charge >= 0.3 is 0 Å². The van der Waals surface area contributed by atoms with Gasteiger partial charge in [0.2, 0.25) is 5.91 Å². The number of rotatable bonds is 1. The molecule has 1 aliphatic rings. The van der Waals surface area contributed by atoms with Gasteiger partial charge in [-0.2, -0.15) is 0 Å². The first-order valence-corrected chi connectivity index (χ1v) is 5.12. The summed E-state index contributed by atoms with van der Waals surface area (Å²) in [7, 11) is 0. The number of pyridine rings is 1. The number of carbonyl (C=O) groups is 1. The number of hydrogen-bond acceptors (Lipinski definition) is 3. The number of nitrogens with one attached hydrogen (secondary N) is 2. The van der Waals surface area contributed by atoms with Crippen LogP contribution >= 0.6 is 0 Å². The Hall–Kier alpha value is -1.42. The smallest absolute Gasteiger partial charge is 0.236 e. The molecule has 1 aliphatic heterocycles. The average molecular weight is 205 g/mol. The second-order valence-corrected chi connectivity index (χ2v) is 3.98. The van der Waals surface area contributed by atoms with E-state index in [4.69, 9.17) is 0 Å². The van der Waals surface area contributed by atoms with Gasteiger partial charge in [-0.1, -0.05) is 6.07 Å². The fraction of sp³-hybridized carbons (Fsp3) is 0.455. The summed E-state index contributed by atoms with van der Waals surface area (Å²) in [5.41, 5.74) is 2.26. The van der Waals surface area contributed by atoms with Gasteiger partial charge in [-0.25, -0.2) is 0 Å². The molecule has 2 atom stereocenters. The largest absolute Gasteiger partial charge is 0.353 e. The highest BCUT2D eigenvalue weighted by Crippen LogP contribution is 2.15. The van der Waals surface area contributed by atoms with E-state index in [1.54, 1.807) is 0 Å². The van der Waals surface area contributed by atoms with Crippen molar-refractivity contribution in [2.24, 2.45) is 0 Å². The zero-order valence-corrected chi connectivity index (χ0v) is 8.95. The minimum Gasteiger partial charge on any atom is -0.353 e. The van der Waals surface area contributed by atoms with Gasteiger partial charge in [0.1, 0.15) is 0 Å². The monoisotopic (exact) mass is 205 g/mol.